The maximum Gasteiger partial charge on any atom is 0.337 e. The van der Waals surface area contributed by atoms with Gasteiger partial charge in [-0.25, -0.2) is 9.37 Å². The molecule has 11 heteroatoms. The summed E-state index contributed by atoms with van der Waals surface area (Å²) >= 11 is 13.7. The lowest BCUT2D eigenvalue weighted by Gasteiger charge is -2.51. The van der Waals surface area contributed by atoms with E-state index in [4.69, 9.17) is 27.9 Å². The van der Waals surface area contributed by atoms with E-state index in [-0.39, 0.29) is 32.6 Å². The van der Waals surface area contributed by atoms with Gasteiger partial charge in [-0.05, 0) is 95.5 Å². The Hall–Kier alpha value is -3.11. The first kappa shape index (κ1) is 34.0. The number of anilines is 1. The van der Waals surface area contributed by atoms with Crippen molar-refractivity contribution in [1.82, 2.24) is 4.58 Å². The lowest BCUT2D eigenvalue weighted by atomic mass is 9.74. The van der Waals surface area contributed by atoms with E-state index in [1.807, 2.05) is 6.07 Å². The lowest BCUT2D eigenvalue weighted by molar-refractivity contribution is 0.0696. The lowest BCUT2D eigenvalue weighted by Crippen LogP contribution is -2.56. The molecule has 8 rings (SSSR count). The summed E-state index contributed by atoms with van der Waals surface area (Å²) < 4.78 is 44.8. The van der Waals surface area contributed by atoms with Gasteiger partial charge in [0, 0.05) is 74.6 Å². The van der Waals surface area contributed by atoms with Gasteiger partial charge in [0.1, 0.15) is 18.0 Å². The third kappa shape index (κ3) is 5.05. The highest BCUT2D eigenvalue weighted by molar-refractivity contribution is 7.85. The molecule has 50 heavy (non-hydrogen) atoms. The number of ether oxygens (including phenoxy) is 1. The first-order chi connectivity index (χ1) is 23.5. The SMILES string of the molecule is CCC1CC(C)(C)[N+]2=c3c1cc1c(c3CCC2)Oc2c(cc3c4c2CCCN4C(C)(C)CC3CS(=O)(=O)O)C=1c1c(Cl)ccc(Cl)c1C(=O)O. The number of fused-ring (bicyclic) bond motifs is 4. The maximum atomic E-state index is 13.0. The number of halogens is 2. The average molecular weight is 739 g/mol. The molecule has 0 spiro atoms. The van der Waals surface area contributed by atoms with E-state index in [0.29, 0.717) is 35.3 Å². The van der Waals surface area contributed by atoms with Crippen molar-refractivity contribution in [2.75, 3.05) is 23.7 Å². The van der Waals surface area contributed by atoms with Gasteiger partial charge in [0.15, 0.2) is 5.54 Å². The molecule has 0 bridgehead atoms. The Kier molecular flexibility index (Phi) is 7.78. The standard InChI is InChI=1S/C39H42Cl2N2O6S/c1-6-20-17-38(2,3)42-13-7-9-22-33(42)24(20)15-26-30(31-28(40)11-12-29(41)32(31)37(44)45)27-16-25-21(19-50(46,47)48)18-39(4,5)43-14-8-10-23(34(25)43)36(27)49-35(22)26/h11-12,15-16,20-21H,6-10,13-14,17-19H2,1-5H3,(H-,44,45,46,47,48)/p+1. The van der Waals surface area contributed by atoms with Gasteiger partial charge in [0.2, 0.25) is 5.36 Å². The predicted octanol–water partition coefficient (Wildman–Crippen LogP) is 7.06. The Morgan fingerprint density at radius 3 is 2.42 bits per heavy atom. The summed E-state index contributed by atoms with van der Waals surface area (Å²) in [6, 6.07) is 7.34. The normalized spacial score (nSPS) is 22.6. The first-order valence-electron chi connectivity index (χ1n) is 17.7. The van der Waals surface area contributed by atoms with Gasteiger partial charge in [0.05, 0.1) is 21.9 Å². The van der Waals surface area contributed by atoms with Crippen LogP contribution >= 0.6 is 23.2 Å². The van der Waals surface area contributed by atoms with Crippen LogP contribution in [0.3, 0.4) is 0 Å². The van der Waals surface area contributed by atoms with Crippen LogP contribution in [-0.2, 0) is 23.0 Å². The number of aromatic carboxylic acids is 1. The van der Waals surface area contributed by atoms with Crippen LogP contribution in [-0.4, -0.2) is 54.0 Å². The van der Waals surface area contributed by atoms with Crippen molar-refractivity contribution in [3.05, 3.63) is 83.8 Å². The van der Waals surface area contributed by atoms with Crippen molar-refractivity contribution in [2.24, 2.45) is 0 Å². The molecular formula is C39H43Cl2N2O6S+. The molecule has 264 valence electrons. The Bertz CT molecular complexity index is 2280. The van der Waals surface area contributed by atoms with Crippen molar-refractivity contribution >= 4 is 50.5 Å². The van der Waals surface area contributed by atoms with Crippen molar-refractivity contribution in [1.29, 1.82) is 0 Å². The third-order valence-corrected chi connectivity index (χ3v) is 13.4. The molecule has 5 aliphatic rings. The minimum absolute atomic E-state index is 0.0395. The number of rotatable bonds is 5. The second-order valence-electron chi connectivity index (χ2n) is 16.0. The van der Waals surface area contributed by atoms with Crippen LogP contribution in [0.1, 0.15) is 122 Å². The largest absolute Gasteiger partial charge is 0.478 e. The van der Waals surface area contributed by atoms with Crippen LogP contribution in [0.2, 0.25) is 10.0 Å². The highest BCUT2D eigenvalue weighted by atomic mass is 35.5. The summed E-state index contributed by atoms with van der Waals surface area (Å²) in [5.41, 5.74) is 6.24. The van der Waals surface area contributed by atoms with Crippen molar-refractivity contribution in [3.8, 4) is 11.5 Å². The van der Waals surface area contributed by atoms with Gasteiger partial charge >= 0.3 is 5.97 Å². The zero-order valence-electron chi connectivity index (χ0n) is 29.1. The second kappa shape index (κ2) is 11.4. The molecule has 0 radical (unpaired) electrons. The molecule has 0 fully saturated rings. The van der Waals surface area contributed by atoms with E-state index in [1.165, 1.54) is 17.0 Å². The van der Waals surface area contributed by atoms with Gasteiger partial charge < -0.3 is 14.7 Å². The van der Waals surface area contributed by atoms with Crippen LogP contribution in [0.15, 0.2) is 24.3 Å². The molecule has 0 aliphatic carbocycles. The van der Waals surface area contributed by atoms with Crippen LogP contribution in [0, 0.1) is 0 Å². The number of benzene rings is 3. The van der Waals surface area contributed by atoms with E-state index < -0.39 is 27.8 Å². The zero-order chi connectivity index (χ0) is 35.7. The van der Waals surface area contributed by atoms with Gasteiger partial charge in [-0.15, -0.1) is 0 Å². The molecule has 8 nitrogen and oxygen atoms in total. The monoisotopic (exact) mass is 737 g/mol. The first-order valence-corrected chi connectivity index (χ1v) is 20.1. The molecule has 0 aromatic heterocycles. The molecule has 2 atom stereocenters. The van der Waals surface area contributed by atoms with Crippen LogP contribution in [0.5, 0.6) is 11.5 Å². The fourth-order valence-corrected chi connectivity index (χ4v) is 11.3. The number of hydrogen-bond acceptors (Lipinski definition) is 5. The van der Waals surface area contributed by atoms with Crippen molar-refractivity contribution in [3.63, 3.8) is 0 Å². The Morgan fingerprint density at radius 1 is 1.00 bits per heavy atom. The molecular weight excluding hydrogens is 695 g/mol. The molecule has 3 aromatic rings. The van der Waals surface area contributed by atoms with Gasteiger partial charge in [-0.3, -0.25) is 4.55 Å². The average Bonchev–Trinajstić information content (AvgIpc) is 3.04. The molecule has 5 heterocycles. The van der Waals surface area contributed by atoms with Crippen LogP contribution in [0.25, 0.3) is 5.57 Å². The highest BCUT2D eigenvalue weighted by Gasteiger charge is 2.47. The number of hydrogen-bond donors (Lipinski definition) is 2. The van der Waals surface area contributed by atoms with E-state index in [1.54, 1.807) is 6.07 Å². The van der Waals surface area contributed by atoms with E-state index in [0.717, 1.165) is 78.5 Å². The number of nitrogens with zero attached hydrogens (tertiary/aromatic N) is 2. The van der Waals surface area contributed by atoms with Crippen LogP contribution in [0.4, 0.5) is 5.69 Å². The molecule has 2 unspecified atom stereocenters. The van der Waals surface area contributed by atoms with Gasteiger partial charge in [-0.1, -0.05) is 30.1 Å². The topological polar surface area (TPSA) is 107 Å². The van der Waals surface area contributed by atoms with Crippen LogP contribution < -0.4 is 24.8 Å². The fourth-order valence-electron chi connectivity index (χ4n) is 9.99. The van der Waals surface area contributed by atoms with Crippen molar-refractivity contribution in [2.45, 2.75) is 102 Å². The smallest absolute Gasteiger partial charge is 0.337 e. The summed E-state index contributed by atoms with van der Waals surface area (Å²) in [5, 5.41) is 13.0. The molecule has 5 aliphatic heterocycles. The number of carboxylic acid groups (broad SMARTS) is 1. The quantitative estimate of drug-likeness (QED) is 0.167. The maximum absolute atomic E-state index is 13.0. The minimum Gasteiger partial charge on any atom is -0.478 e. The number of carboxylic acids is 1. The Labute approximate surface area is 303 Å². The highest BCUT2D eigenvalue weighted by Crippen LogP contribution is 2.55. The molecule has 3 aromatic carbocycles. The van der Waals surface area contributed by atoms with E-state index in [9.17, 15) is 22.9 Å². The molecule has 2 N–H and O–H groups in total. The van der Waals surface area contributed by atoms with E-state index in [2.05, 4.69) is 50.2 Å². The molecule has 0 saturated carbocycles. The second-order valence-corrected chi connectivity index (χ2v) is 18.3. The van der Waals surface area contributed by atoms with Crippen molar-refractivity contribution < 1.29 is 27.6 Å². The Balaban J connectivity index is 1.58. The molecule has 0 saturated heterocycles. The number of carbonyl (C=O) groups is 1. The minimum atomic E-state index is -4.32. The third-order valence-electron chi connectivity index (χ3n) is 12.0. The summed E-state index contributed by atoms with van der Waals surface area (Å²) in [7, 11) is -4.32. The zero-order valence-corrected chi connectivity index (χ0v) is 31.4. The fraction of sp³-hybridized carbons (Fsp3) is 0.487. The molecule has 0 amide bonds. The summed E-state index contributed by atoms with van der Waals surface area (Å²) in [6.07, 6.45) is 5.81. The summed E-state index contributed by atoms with van der Waals surface area (Å²) in [6.45, 7) is 12.9. The van der Waals surface area contributed by atoms with Gasteiger partial charge in [0.25, 0.3) is 10.1 Å². The summed E-state index contributed by atoms with van der Waals surface area (Å²) in [5.74, 6) is -0.424. The summed E-state index contributed by atoms with van der Waals surface area (Å²) in [4.78, 5) is 15.4. The van der Waals surface area contributed by atoms with Gasteiger partial charge in [-0.2, -0.15) is 8.42 Å². The predicted molar refractivity (Wildman–Crippen MR) is 197 cm³/mol. The Morgan fingerprint density at radius 2 is 1.72 bits per heavy atom. The van der Waals surface area contributed by atoms with E-state index >= 15 is 0 Å².